The maximum atomic E-state index is 9.60. The van der Waals surface area contributed by atoms with Gasteiger partial charge in [-0.25, -0.2) is 0 Å². The summed E-state index contributed by atoms with van der Waals surface area (Å²) in [5.41, 5.74) is 2.56. The second-order valence-corrected chi connectivity index (χ2v) is 8.06. The number of rotatable bonds is 9. The number of benzene rings is 2. The molecule has 4 rings (SSSR count). The Morgan fingerprint density at radius 2 is 1.97 bits per heavy atom. The fourth-order valence-corrected chi connectivity index (χ4v) is 4.48. The molecule has 0 radical (unpaired) electrons. The summed E-state index contributed by atoms with van der Waals surface area (Å²) in [5, 5.41) is 9.60. The maximum Gasteiger partial charge on any atom is 0.231 e. The summed E-state index contributed by atoms with van der Waals surface area (Å²) in [6.45, 7) is 5.40. The highest BCUT2D eigenvalue weighted by atomic mass is 16.7. The molecule has 1 fully saturated rings. The van der Waals surface area contributed by atoms with Crippen LogP contribution in [0.4, 0.5) is 0 Å². The predicted molar refractivity (Wildman–Crippen MR) is 116 cm³/mol. The van der Waals surface area contributed by atoms with Gasteiger partial charge in [-0.05, 0) is 49.1 Å². The second-order valence-electron chi connectivity index (χ2n) is 8.06. The van der Waals surface area contributed by atoms with Crippen molar-refractivity contribution in [1.82, 2.24) is 9.80 Å². The van der Waals surface area contributed by atoms with E-state index in [2.05, 4.69) is 46.2 Å². The predicted octanol–water partition coefficient (Wildman–Crippen LogP) is 2.93. The summed E-state index contributed by atoms with van der Waals surface area (Å²) >= 11 is 0. The van der Waals surface area contributed by atoms with Gasteiger partial charge in [-0.15, -0.1) is 0 Å². The van der Waals surface area contributed by atoms with Crippen LogP contribution in [-0.2, 0) is 13.0 Å². The summed E-state index contributed by atoms with van der Waals surface area (Å²) in [5.74, 6) is 2.19. The first kappa shape index (κ1) is 21.0. The highest BCUT2D eigenvalue weighted by Crippen LogP contribution is 2.42. The molecule has 2 aromatic carbocycles. The van der Waals surface area contributed by atoms with Crippen LogP contribution in [0.1, 0.15) is 24.0 Å². The molecular weight excluding hydrogens is 380 g/mol. The van der Waals surface area contributed by atoms with E-state index in [1.54, 1.807) is 7.11 Å². The Bertz CT molecular complexity index is 814. The summed E-state index contributed by atoms with van der Waals surface area (Å²) in [4.78, 5) is 5.01. The number of hydrogen-bond donors (Lipinski definition) is 1. The fraction of sp³-hybridized carbons (Fsp3) is 0.500. The van der Waals surface area contributed by atoms with Crippen LogP contribution in [0.5, 0.6) is 17.2 Å². The van der Waals surface area contributed by atoms with Crippen LogP contribution in [-0.4, -0.2) is 67.6 Å². The Balaban J connectivity index is 1.34. The molecule has 6 nitrogen and oxygen atoms in total. The third kappa shape index (κ3) is 5.06. The second kappa shape index (κ2) is 10.2. The SMILES string of the molecule is COc1cc(CN2CCN(CCCc3ccccc3)[C@H](CCO)C2)cc2c1OCO2. The van der Waals surface area contributed by atoms with Gasteiger partial charge < -0.3 is 19.3 Å². The minimum absolute atomic E-state index is 0.228. The summed E-state index contributed by atoms with van der Waals surface area (Å²) in [7, 11) is 1.66. The molecule has 2 aromatic rings. The number of hydrogen-bond acceptors (Lipinski definition) is 6. The van der Waals surface area contributed by atoms with Crippen molar-refractivity contribution in [1.29, 1.82) is 0 Å². The molecule has 0 spiro atoms. The van der Waals surface area contributed by atoms with Gasteiger partial charge in [0.05, 0.1) is 7.11 Å². The molecule has 0 unspecified atom stereocenters. The zero-order valence-corrected chi connectivity index (χ0v) is 17.8. The van der Waals surface area contributed by atoms with E-state index in [9.17, 15) is 5.11 Å². The first-order valence-corrected chi connectivity index (χ1v) is 10.8. The lowest BCUT2D eigenvalue weighted by Gasteiger charge is -2.41. The maximum absolute atomic E-state index is 9.60. The molecule has 0 bridgehead atoms. The molecule has 1 N–H and O–H groups in total. The quantitative estimate of drug-likeness (QED) is 0.684. The fourth-order valence-electron chi connectivity index (χ4n) is 4.48. The van der Waals surface area contributed by atoms with Gasteiger partial charge in [-0.1, -0.05) is 30.3 Å². The topological polar surface area (TPSA) is 54.4 Å². The molecule has 0 saturated carbocycles. The van der Waals surface area contributed by atoms with E-state index in [1.165, 1.54) is 5.56 Å². The number of ether oxygens (including phenoxy) is 3. The van der Waals surface area contributed by atoms with Crippen molar-refractivity contribution >= 4 is 0 Å². The van der Waals surface area contributed by atoms with E-state index in [1.807, 2.05) is 6.07 Å². The standard InChI is InChI=1S/C24H32N2O4/c1-28-22-14-20(15-23-24(22)30-18-29-23)16-25-11-12-26(21(17-25)9-13-27)10-5-8-19-6-3-2-4-7-19/h2-4,6-7,14-15,21,27H,5,8-13,16-18H2,1H3/t21-/m1/s1. The van der Waals surface area contributed by atoms with Crippen molar-refractivity contribution in [2.24, 2.45) is 0 Å². The lowest BCUT2D eigenvalue weighted by Crippen LogP contribution is -2.53. The summed E-state index contributed by atoms with van der Waals surface area (Å²) in [6, 6.07) is 15.2. The normalized spacial score (nSPS) is 19.2. The Morgan fingerprint density at radius 3 is 2.77 bits per heavy atom. The molecule has 1 saturated heterocycles. The highest BCUT2D eigenvalue weighted by molar-refractivity contribution is 5.55. The third-order valence-corrected chi connectivity index (χ3v) is 6.03. The largest absolute Gasteiger partial charge is 0.493 e. The van der Waals surface area contributed by atoms with Crippen molar-refractivity contribution in [2.75, 3.05) is 46.7 Å². The van der Waals surface area contributed by atoms with Gasteiger partial charge >= 0.3 is 0 Å². The van der Waals surface area contributed by atoms with Crippen LogP contribution in [0.25, 0.3) is 0 Å². The van der Waals surface area contributed by atoms with E-state index >= 15 is 0 Å². The first-order valence-electron chi connectivity index (χ1n) is 10.8. The Morgan fingerprint density at radius 1 is 1.10 bits per heavy atom. The zero-order valence-electron chi connectivity index (χ0n) is 17.8. The van der Waals surface area contributed by atoms with Crippen molar-refractivity contribution in [2.45, 2.75) is 31.8 Å². The molecule has 2 heterocycles. The lowest BCUT2D eigenvalue weighted by molar-refractivity contribution is 0.0546. The van der Waals surface area contributed by atoms with Crippen molar-refractivity contribution in [3.8, 4) is 17.2 Å². The van der Waals surface area contributed by atoms with Gasteiger partial charge in [-0.3, -0.25) is 9.80 Å². The molecule has 6 heteroatoms. The van der Waals surface area contributed by atoms with Crippen molar-refractivity contribution in [3.05, 3.63) is 53.6 Å². The molecule has 0 aromatic heterocycles. The molecule has 0 aliphatic carbocycles. The first-order chi connectivity index (χ1) is 14.8. The third-order valence-electron chi connectivity index (χ3n) is 6.03. The van der Waals surface area contributed by atoms with Crippen LogP contribution in [0.3, 0.4) is 0 Å². The van der Waals surface area contributed by atoms with Crippen LogP contribution in [0.2, 0.25) is 0 Å². The number of methoxy groups -OCH3 is 1. The molecule has 1 atom stereocenters. The van der Waals surface area contributed by atoms with Crippen molar-refractivity contribution < 1.29 is 19.3 Å². The summed E-state index contributed by atoms with van der Waals surface area (Å²) in [6.07, 6.45) is 3.06. The number of aliphatic hydroxyl groups is 1. The molecule has 2 aliphatic rings. The van der Waals surface area contributed by atoms with Crippen LogP contribution in [0.15, 0.2) is 42.5 Å². The molecule has 30 heavy (non-hydrogen) atoms. The van der Waals surface area contributed by atoms with E-state index in [0.717, 1.165) is 69.0 Å². The van der Waals surface area contributed by atoms with Gasteiger partial charge in [0.15, 0.2) is 11.5 Å². The average molecular weight is 413 g/mol. The molecule has 2 aliphatic heterocycles. The highest BCUT2D eigenvalue weighted by Gasteiger charge is 2.27. The monoisotopic (exact) mass is 412 g/mol. The van der Waals surface area contributed by atoms with Gasteiger partial charge in [0.2, 0.25) is 12.5 Å². The van der Waals surface area contributed by atoms with E-state index in [0.29, 0.717) is 11.8 Å². The molecule has 0 amide bonds. The lowest BCUT2D eigenvalue weighted by atomic mass is 10.1. The Hall–Kier alpha value is -2.28. The zero-order chi connectivity index (χ0) is 20.8. The van der Waals surface area contributed by atoms with Gasteiger partial charge in [0.25, 0.3) is 0 Å². The Labute approximate surface area is 179 Å². The van der Waals surface area contributed by atoms with E-state index in [4.69, 9.17) is 14.2 Å². The average Bonchev–Trinajstić information content (AvgIpc) is 3.24. The van der Waals surface area contributed by atoms with E-state index in [-0.39, 0.29) is 13.4 Å². The van der Waals surface area contributed by atoms with E-state index < -0.39 is 0 Å². The van der Waals surface area contributed by atoms with Gasteiger partial charge in [0.1, 0.15) is 0 Å². The number of aliphatic hydroxyl groups excluding tert-OH is 1. The van der Waals surface area contributed by atoms with Crippen LogP contribution >= 0.6 is 0 Å². The minimum atomic E-state index is 0.228. The minimum Gasteiger partial charge on any atom is -0.493 e. The number of nitrogens with zero attached hydrogens (tertiary/aromatic N) is 2. The molecule has 162 valence electrons. The van der Waals surface area contributed by atoms with Gasteiger partial charge in [0, 0.05) is 38.8 Å². The van der Waals surface area contributed by atoms with Crippen LogP contribution < -0.4 is 14.2 Å². The smallest absolute Gasteiger partial charge is 0.231 e. The molecular formula is C24H32N2O4. The number of fused-ring (bicyclic) bond motifs is 1. The van der Waals surface area contributed by atoms with Crippen LogP contribution in [0, 0.1) is 0 Å². The number of piperazine rings is 1. The Kier molecular flexibility index (Phi) is 7.10. The number of aryl methyl sites for hydroxylation is 1. The summed E-state index contributed by atoms with van der Waals surface area (Å²) < 4.78 is 16.5. The van der Waals surface area contributed by atoms with Gasteiger partial charge in [-0.2, -0.15) is 0 Å². The van der Waals surface area contributed by atoms with Crippen molar-refractivity contribution in [3.63, 3.8) is 0 Å².